The number of aromatic nitrogens is 2. The Morgan fingerprint density at radius 1 is 1.36 bits per heavy atom. The molecule has 0 amide bonds. The number of benzene rings is 1. The third kappa shape index (κ3) is 3.58. The minimum absolute atomic E-state index is 0.0456. The van der Waals surface area contributed by atoms with Crippen molar-refractivity contribution in [2.45, 2.75) is 25.3 Å². The minimum atomic E-state index is -0.545. The zero-order chi connectivity index (χ0) is 17.8. The van der Waals surface area contributed by atoms with Gasteiger partial charge in [0.1, 0.15) is 5.02 Å². The van der Waals surface area contributed by atoms with E-state index in [-0.39, 0.29) is 16.6 Å². The van der Waals surface area contributed by atoms with Gasteiger partial charge in [-0.1, -0.05) is 35.9 Å². The Labute approximate surface area is 150 Å². The number of allylic oxidation sites excluding steroid dienone is 1. The molecule has 0 radical (unpaired) electrons. The molecule has 0 saturated heterocycles. The number of para-hydroxylation sites is 1. The van der Waals surface area contributed by atoms with Crippen LogP contribution in [0.4, 0.5) is 5.69 Å². The second-order valence-electron chi connectivity index (χ2n) is 5.72. The molecular weight excluding hydrogens is 342 g/mol. The number of anilines is 1. The molecule has 1 atom stereocenters. The fourth-order valence-corrected chi connectivity index (χ4v) is 2.97. The number of nitrogens with zero attached hydrogens (tertiary/aromatic N) is 2. The summed E-state index contributed by atoms with van der Waals surface area (Å²) in [5.41, 5.74) is 0.579. The number of ether oxygens (including phenoxy) is 1. The van der Waals surface area contributed by atoms with Crippen molar-refractivity contribution in [3.05, 3.63) is 63.6 Å². The second kappa shape index (κ2) is 7.53. The number of methoxy groups -OCH3 is 1. The van der Waals surface area contributed by atoms with E-state index in [1.54, 1.807) is 24.3 Å². The van der Waals surface area contributed by atoms with Crippen LogP contribution in [0, 0.1) is 0 Å². The van der Waals surface area contributed by atoms with Gasteiger partial charge in [0.15, 0.2) is 0 Å². The fourth-order valence-electron chi connectivity index (χ4n) is 2.79. The lowest BCUT2D eigenvalue weighted by Gasteiger charge is -2.21. The van der Waals surface area contributed by atoms with E-state index in [2.05, 4.69) is 22.6 Å². The van der Waals surface area contributed by atoms with Crippen molar-refractivity contribution >= 4 is 23.3 Å². The monoisotopic (exact) mass is 359 g/mol. The first-order valence-electron chi connectivity index (χ1n) is 7.99. The Balaban J connectivity index is 1.97. The van der Waals surface area contributed by atoms with Crippen LogP contribution in [0.3, 0.4) is 0 Å². The van der Waals surface area contributed by atoms with Gasteiger partial charge in [0, 0.05) is 6.04 Å². The molecule has 1 heterocycles. The molecule has 0 aliphatic heterocycles. The van der Waals surface area contributed by atoms with Crippen molar-refractivity contribution in [1.29, 1.82) is 0 Å². The van der Waals surface area contributed by atoms with E-state index in [4.69, 9.17) is 16.3 Å². The second-order valence-corrected chi connectivity index (χ2v) is 6.10. The molecule has 25 heavy (non-hydrogen) atoms. The Morgan fingerprint density at radius 3 is 2.88 bits per heavy atom. The number of hydrogen-bond acceptors (Lipinski definition) is 5. The molecule has 1 aliphatic carbocycles. The van der Waals surface area contributed by atoms with Crippen LogP contribution < -0.4 is 10.9 Å². The number of hydrogen-bond donors (Lipinski definition) is 1. The van der Waals surface area contributed by atoms with Crippen LogP contribution in [0.5, 0.6) is 0 Å². The van der Waals surface area contributed by atoms with Gasteiger partial charge in [-0.25, -0.2) is 4.79 Å². The largest absolute Gasteiger partial charge is 0.465 e. The van der Waals surface area contributed by atoms with Gasteiger partial charge >= 0.3 is 5.97 Å². The zero-order valence-corrected chi connectivity index (χ0v) is 14.5. The summed E-state index contributed by atoms with van der Waals surface area (Å²) in [5, 5.41) is 7.50. The molecule has 6 nitrogen and oxygen atoms in total. The van der Waals surface area contributed by atoms with Gasteiger partial charge in [0.2, 0.25) is 0 Å². The van der Waals surface area contributed by atoms with E-state index >= 15 is 0 Å². The molecule has 3 rings (SSSR count). The summed E-state index contributed by atoms with van der Waals surface area (Å²) in [5.74, 6) is -0.545. The van der Waals surface area contributed by atoms with Gasteiger partial charge in [0.05, 0.1) is 30.2 Å². The molecule has 1 unspecified atom stereocenters. The average Bonchev–Trinajstić information content (AvgIpc) is 2.66. The highest BCUT2D eigenvalue weighted by atomic mass is 35.5. The maximum absolute atomic E-state index is 12.7. The summed E-state index contributed by atoms with van der Waals surface area (Å²) in [7, 11) is 1.29. The van der Waals surface area contributed by atoms with Crippen molar-refractivity contribution in [2.24, 2.45) is 0 Å². The van der Waals surface area contributed by atoms with Crippen LogP contribution in [0.2, 0.25) is 5.02 Å². The molecule has 0 fully saturated rings. The van der Waals surface area contributed by atoms with Gasteiger partial charge in [-0.3, -0.25) is 4.79 Å². The van der Waals surface area contributed by atoms with Crippen LogP contribution in [-0.2, 0) is 4.74 Å². The summed E-state index contributed by atoms with van der Waals surface area (Å²) in [4.78, 5) is 24.6. The molecule has 2 aromatic rings. The standard InChI is InChI=1S/C18H18ClN3O3/c1-25-18(24)13-9-5-6-10-15(13)22-17(23)16(19)14(11-20-22)21-12-7-3-2-4-8-12/h2-3,5-6,9-12,21H,4,7-8H2,1H3. The highest BCUT2D eigenvalue weighted by molar-refractivity contribution is 6.33. The van der Waals surface area contributed by atoms with Gasteiger partial charge in [-0.2, -0.15) is 9.78 Å². The highest BCUT2D eigenvalue weighted by Crippen LogP contribution is 2.22. The molecule has 0 bridgehead atoms. The smallest absolute Gasteiger partial charge is 0.340 e. The lowest BCUT2D eigenvalue weighted by atomic mass is 10.0. The maximum atomic E-state index is 12.7. The third-order valence-corrected chi connectivity index (χ3v) is 4.45. The van der Waals surface area contributed by atoms with Crippen molar-refractivity contribution in [1.82, 2.24) is 9.78 Å². The van der Waals surface area contributed by atoms with Crippen molar-refractivity contribution in [2.75, 3.05) is 12.4 Å². The number of carbonyl (C=O) groups excluding carboxylic acids is 1. The number of esters is 1. The first-order chi connectivity index (χ1) is 12.1. The Hall–Kier alpha value is -2.60. The van der Waals surface area contributed by atoms with Crippen LogP contribution in [0.25, 0.3) is 5.69 Å². The summed E-state index contributed by atoms with van der Waals surface area (Å²) in [6, 6.07) is 6.82. The first-order valence-corrected chi connectivity index (χ1v) is 8.36. The molecule has 7 heteroatoms. The summed E-state index contributed by atoms with van der Waals surface area (Å²) >= 11 is 6.26. The number of rotatable bonds is 4. The molecule has 1 aliphatic rings. The number of nitrogens with one attached hydrogen (secondary N) is 1. The van der Waals surface area contributed by atoms with Crippen molar-refractivity contribution in [3.8, 4) is 5.69 Å². The van der Waals surface area contributed by atoms with Crippen LogP contribution in [-0.4, -0.2) is 28.9 Å². The zero-order valence-electron chi connectivity index (χ0n) is 13.7. The Kier molecular flexibility index (Phi) is 5.19. The molecule has 1 aromatic heterocycles. The highest BCUT2D eigenvalue weighted by Gasteiger charge is 2.18. The predicted octanol–water partition coefficient (Wildman–Crippen LogP) is 3.19. The van der Waals surface area contributed by atoms with Gasteiger partial charge < -0.3 is 10.1 Å². The summed E-state index contributed by atoms with van der Waals surface area (Å²) < 4.78 is 5.87. The van der Waals surface area contributed by atoms with Crippen LogP contribution in [0.15, 0.2) is 47.4 Å². The van der Waals surface area contributed by atoms with E-state index in [1.807, 2.05) is 0 Å². The fraction of sp³-hybridized carbons (Fsp3) is 0.278. The topological polar surface area (TPSA) is 73.2 Å². The van der Waals surface area contributed by atoms with Crippen molar-refractivity contribution in [3.63, 3.8) is 0 Å². The molecule has 130 valence electrons. The van der Waals surface area contributed by atoms with Gasteiger partial charge in [0.25, 0.3) is 5.56 Å². The third-order valence-electron chi connectivity index (χ3n) is 4.09. The molecule has 0 spiro atoms. The quantitative estimate of drug-likeness (QED) is 0.670. The summed E-state index contributed by atoms with van der Waals surface area (Å²) in [6.45, 7) is 0. The van der Waals surface area contributed by atoms with E-state index < -0.39 is 11.5 Å². The van der Waals surface area contributed by atoms with E-state index in [0.717, 1.165) is 23.9 Å². The number of carbonyl (C=O) groups is 1. The minimum Gasteiger partial charge on any atom is -0.465 e. The predicted molar refractivity (Wildman–Crippen MR) is 96.6 cm³/mol. The van der Waals surface area contributed by atoms with Gasteiger partial charge in [-0.05, 0) is 31.4 Å². The lowest BCUT2D eigenvalue weighted by Crippen LogP contribution is -2.27. The maximum Gasteiger partial charge on any atom is 0.340 e. The SMILES string of the molecule is COC(=O)c1ccccc1-n1ncc(NC2CC=CCC2)c(Cl)c1=O. The van der Waals surface area contributed by atoms with Gasteiger partial charge in [-0.15, -0.1) is 0 Å². The molecule has 1 aromatic carbocycles. The van der Waals surface area contributed by atoms with E-state index in [1.165, 1.54) is 13.3 Å². The average molecular weight is 360 g/mol. The van der Waals surface area contributed by atoms with E-state index in [0.29, 0.717) is 11.4 Å². The van der Waals surface area contributed by atoms with Crippen molar-refractivity contribution < 1.29 is 9.53 Å². The number of halogens is 1. The molecule has 0 saturated carbocycles. The van der Waals surface area contributed by atoms with Crippen LogP contribution >= 0.6 is 11.6 Å². The Morgan fingerprint density at radius 2 is 2.16 bits per heavy atom. The van der Waals surface area contributed by atoms with Crippen LogP contribution in [0.1, 0.15) is 29.6 Å². The molecular formula is C18H18ClN3O3. The normalized spacial score (nSPS) is 16.5. The van der Waals surface area contributed by atoms with E-state index in [9.17, 15) is 9.59 Å². The Bertz CT molecular complexity index is 876. The first kappa shape index (κ1) is 17.2. The lowest BCUT2D eigenvalue weighted by molar-refractivity contribution is 0.0600. The summed E-state index contributed by atoms with van der Waals surface area (Å²) in [6.07, 6.45) is 8.60. The molecule has 1 N–H and O–H groups in total.